The highest BCUT2D eigenvalue weighted by Crippen LogP contribution is 2.33. The number of para-hydroxylation sites is 2. The summed E-state index contributed by atoms with van der Waals surface area (Å²) in [5.74, 6) is 0.482. The number of ether oxygens (including phenoxy) is 1. The van der Waals surface area contributed by atoms with E-state index in [1.54, 1.807) is 19.1 Å². The van der Waals surface area contributed by atoms with Crippen LogP contribution in [0.1, 0.15) is 6.92 Å². The summed E-state index contributed by atoms with van der Waals surface area (Å²) in [6.07, 6.45) is -0.520. The summed E-state index contributed by atoms with van der Waals surface area (Å²) >= 11 is 0. The van der Waals surface area contributed by atoms with Crippen molar-refractivity contribution in [2.75, 3.05) is 11.4 Å². The number of hydrogen-bond donors (Lipinski definition) is 0. The number of carbonyl (C=O) groups is 1. The predicted octanol–water partition coefficient (Wildman–Crippen LogP) is 1.32. The molecule has 1 heterocycles. The first-order chi connectivity index (χ1) is 7.24. The van der Waals surface area contributed by atoms with Gasteiger partial charge in [0.1, 0.15) is 12.3 Å². The van der Waals surface area contributed by atoms with Gasteiger partial charge in [0.25, 0.3) is 5.91 Å². The summed E-state index contributed by atoms with van der Waals surface area (Å²) < 4.78 is 5.42. The molecule has 0 radical (unpaired) electrons. The van der Waals surface area contributed by atoms with Gasteiger partial charge in [0, 0.05) is 0 Å². The fourth-order valence-corrected chi connectivity index (χ4v) is 1.59. The van der Waals surface area contributed by atoms with Crippen LogP contribution in [0.4, 0.5) is 5.69 Å². The summed E-state index contributed by atoms with van der Waals surface area (Å²) in [7, 11) is 0. The Morgan fingerprint density at radius 3 is 3.00 bits per heavy atom. The fraction of sp³-hybridized carbons (Fsp3) is 0.273. The third-order valence-corrected chi connectivity index (χ3v) is 2.30. The Morgan fingerprint density at radius 2 is 2.27 bits per heavy atom. The Bertz CT molecular complexity index is 436. The first-order valence-electron chi connectivity index (χ1n) is 4.68. The minimum atomic E-state index is -0.520. The molecular formula is C11H10N2O2. The molecule has 15 heavy (non-hydrogen) atoms. The van der Waals surface area contributed by atoms with Crippen LogP contribution < -0.4 is 9.64 Å². The normalized spacial score (nSPS) is 19.1. The van der Waals surface area contributed by atoms with Gasteiger partial charge in [-0.15, -0.1) is 0 Å². The van der Waals surface area contributed by atoms with E-state index >= 15 is 0 Å². The Kier molecular flexibility index (Phi) is 2.30. The molecule has 0 spiro atoms. The highest BCUT2D eigenvalue weighted by molar-refractivity contribution is 6.00. The standard InChI is InChI=1S/C11H10N2O2/c1-8-11(14)13(7-6-12)9-4-2-3-5-10(9)15-8/h2-5,8H,7H2,1H3. The lowest BCUT2D eigenvalue weighted by atomic mass is 10.2. The predicted molar refractivity (Wildman–Crippen MR) is 54.5 cm³/mol. The molecule has 1 aliphatic heterocycles. The molecule has 76 valence electrons. The number of anilines is 1. The summed E-state index contributed by atoms with van der Waals surface area (Å²) in [5, 5.41) is 8.66. The topological polar surface area (TPSA) is 53.3 Å². The number of fused-ring (bicyclic) bond motifs is 1. The van der Waals surface area contributed by atoms with Crippen molar-refractivity contribution in [3.8, 4) is 11.8 Å². The van der Waals surface area contributed by atoms with Crippen molar-refractivity contribution in [1.82, 2.24) is 0 Å². The minimum absolute atomic E-state index is 0.0591. The molecule has 0 N–H and O–H groups in total. The van der Waals surface area contributed by atoms with Crippen LogP contribution in [-0.4, -0.2) is 18.6 Å². The molecule has 1 aromatic rings. The van der Waals surface area contributed by atoms with E-state index in [4.69, 9.17) is 10.00 Å². The summed E-state index contributed by atoms with van der Waals surface area (Å²) in [4.78, 5) is 13.2. The molecular weight excluding hydrogens is 192 g/mol. The van der Waals surface area contributed by atoms with E-state index in [1.807, 2.05) is 18.2 Å². The Labute approximate surface area is 87.7 Å². The molecule has 4 heteroatoms. The molecule has 1 atom stereocenters. The van der Waals surface area contributed by atoms with Crippen LogP contribution in [0.25, 0.3) is 0 Å². The second-order valence-corrected chi connectivity index (χ2v) is 3.31. The largest absolute Gasteiger partial charge is 0.479 e. The Morgan fingerprint density at radius 1 is 1.53 bits per heavy atom. The van der Waals surface area contributed by atoms with Crippen molar-refractivity contribution in [2.45, 2.75) is 13.0 Å². The Hall–Kier alpha value is -2.02. The van der Waals surface area contributed by atoms with Gasteiger partial charge in [-0.1, -0.05) is 12.1 Å². The quantitative estimate of drug-likeness (QED) is 0.645. The third-order valence-electron chi connectivity index (χ3n) is 2.30. The zero-order valence-electron chi connectivity index (χ0n) is 8.30. The van der Waals surface area contributed by atoms with Crippen molar-refractivity contribution in [2.24, 2.45) is 0 Å². The monoisotopic (exact) mass is 202 g/mol. The molecule has 1 amide bonds. The summed E-state index contributed by atoms with van der Waals surface area (Å²) in [6, 6.07) is 9.20. The molecule has 1 aromatic carbocycles. The van der Waals surface area contributed by atoms with Gasteiger partial charge in [0.05, 0.1) is 11.8 Å². The highest BCUT2D eigenvalue weighted by Gasteiger charge is 2.30. The van der Waals surface area contributed by atoms with E-state index in [0.29, 0.717) is 11.4 Å². The number of nitriles is 1. The van der Waals surface area contributed by atoms with Crippen LogP contribution in [0.3, 0.4) is 0 Å². The molecule has 0 aromatic heterocycles. The lowest BCUT2D eigenvalue weighted by Gasteiger charge is -2.31. The van der Waals surface area contributed by atoms with Gasteiger partial charge < -0.3 is 4.74 Å². The maximum absolute atomic E-state index is 11.7. The van der Waals surface area contributed by atoms with Gasteiger partial charge in [-0.05, 0) is 19.1 Å². The maximum atomic E-state index is 11.7. The van der Waals surface area contributed by atoms with Crippen molar-refractivity contribution >= 4 is 11.6 Å². The van der Waals surface area contributed by atoms with Gasteiger partial charge >= 0.3 is 0 Å². The van der Waals surface area contributed by atoms with Crippen LogP contribution in [0.5, 0.6) is 5.75 Å². The Balaban J connectivity index is 2.45. The number of nitrogens with zero attached hydrogens (tertiary/aromatic N) is 2. The molecule has 2 rings (SSSR count). The van der Waals surface area contributed by atoms with E-state index in [9.17, 15) is 4.79 Å². The SMILES string of the molecule is CC1Oc2ccccc2N(CC#N)C1=O. The second kappa shape index (κ2) is 3.62. The summed E-state index contributed by atoms with van der Waals surface area (Å²) in [6.45, 7) is 1.74. The molecule has 0 saturated carbocycles. The van der Waals surface area contributed by atoms with E-state index < -0.39 is 6.10 Å². The van der Waals surface area contributed by atoms with E-state index in [-0.39, 0.29) is 12.5 Å². The van der Waals surface area contributed by atoms with E-state index in [2.05, 4.69) is 0 Å². The zero-order chi connectivity index (χ0) is 10.8. The van der Waals surface area contributed by atoms with Gasteiger partial charge in [0.15, 0.2) is 6.10 Å². The second-order valence-electron chi connectivity index (χ2n) is 3.31. The van der Waals surface area contributed by atoms with Gasteiger partial charge in [-0.3, -0.25) is 9.69 Å². The number of hydrogen-bond acceptors (Lipinski definition) is 3. The molecule has 0 aliphatic carbocycles. The first-order valence-corrected chi connectivity index (χ1v) is 4.68. The van der Waals surface area contributed by atoms with Crippen molar-refractivity contribution in [1.29, 1.82) is 5.26 Å². The summed E-state index contributed by atoms with van der Waals surface area (Å²) in [5.41, 5.74) is 0.669. The van der Waals surface area contributed by atoms with Crippen LogP contribution >= 0.6 is 0 Å². The number of carbonyl (C=O) groups excluding carboxylic acids is 1. The molecule has 1 aliphatic rings. The lowest BCUT2D eigenvalue weighted by molar-refractivity contribution is -0.125. The number of amides is 1. The first kappa shape index (κ1) is 9.53. The minimum Gasteiger partial charge on any atom is -0.479 e. The van der Waals surface area contributed by atoms with Crippen molar-refractivity contribution in [3.63, 3.8) is 0 Å². The van der Waals surface area contributed by atoms with Gasteiger partial charge in [0.2, 0.25) is 0 Å². The molecule has 4 nitrogen and oxygen atoms in total. The molecule has 0 saturated heterocycles. The van der Waals surface area contributed by atoms with Crippen LogP contribution in [0.2, 0.25) is 0 Å². The third kappa shape index (κ3) is 1.52. The van der Waals surface area contributed by atoms with E-state index in [1.165, 1.54) is 4.90 Å². The van der Waals surface area contributed by atoms with Crippen molar-refractivity contribution in [3.05, 3.63) is 24.3 Å². The number of rotatable bonds is 1. The van der Waals surface area contributed by atoms with Gasteiger partial charge in [-0.25, -0.2) is 0 Å². The average Bonchev–Trinajstić information content (AvgIpc) is 2.25. The lowest BCUT2D eigenvalue weighted by Crippen LogP contribution is -2.44. The smallest absolute Gasteiger partial charge is 0.268 e. The molecule has 0 bridgehead atoms. The molecule has 1 unspecified atom stereocenters. The number of benzene rings is 1. The van der Waals surface area contributed by atoms with Crippen LogP contribution in [-0.2, 0) is 4.79 Å². The average molecular weight is 202 g/mol. The fourth-order valence-electron chi connectivity index (χ4n) is 1.59. The zero-order valence-corrected chi connectivity index (χ0v) is 8.30. The molecule has 0 fully saturated rings. The maximum Gasteiger partial charge on any atom is 0.268 e. The van der Waals surface area contributed by atoms with Gasteiger partial charge in [-0.2, -0.15) is 5.26 Å². The van der Waals surface area contributed by atoms with Crippen molar-refractivity contribution < 1.29 is 9.53 Å². The van der Waals surface area contributed by atoms with Crippen LogP contribution in [0.15, 0.2) is 24.3 Å². The van der Waals surface area contributed by atoms with E-state index in [0.717, 1.165) is 0 Å². The van der Waals surface area contributed by atoms with Crippen LogP contribution in [0, 0.1) is 11.3 Å². The highest BCUT2D eigenvalue weighted by atomic mass is 16.5.